The Hall–Kier alpha value is -3.18. The second-order valence-corrected chi connectivity index (χ2v) is 9.24. The van der Waals surface area contributed by atoms with Crippen molar-refractivity contribution in [3.8, 4) is 11.8 Å². The molecule has 2 aromatic rings. The first-order chi connectivity index (χ1) is 16.1. The first kappa shape index (κ1) is 23.0. The largest absolute Gasteiger partial charge is 0.351 e. The van der Waals surface area contributed by atoms with E-state index in [1.54, 1.807) is 10.3 Å². The lowest BCUT2D eigenvalue weighted by atomic mass is 9.97. The second kappa shape index (κ2) is 11.1. The van der Waals surface area contributed by atoms with Gasteiger partial charge < -0.3 is 15.1 Å². The normalized spacial score (nSPS) is 16.4. The molecule has 0 atom stereocenters. The van der Waals surface area contributed by atoms with Crippen LogP contribution < -0.4 is 5.32 Å². The van der Waals surface area contributed by atoms with E-state index >= 15 is 0 Å². The van der Waals surface area contributed by atoms with Crippen molar-refractivity contribution < 1.29 is 14.4 Å². The van der Waals surface area contributed by atoms with Crippen LogP contribution in [-0.4, -0.2) is 65.2 Å². The lowest BCUT2D eigenvalue weighted by Crippen LogP contribution is -2.37. The predicted molar refractivity (Wildman–Crippen MR) is 127 cm³/mol. The molecule has 3 amide bonds. The van der Waals surface area contributed by atoms with Crippen LogP contribution in [0.4, 0.5) is 0 Å². The molecule has 3 heterocycles. The van der Waals surface area contributed by atoms with Gasteiger partial charge in [0.25, 0.3) is 11.8 Å². The standard InChI is InChI=1S/C25H28N4O3S/c30-22-8-4-14-28(22)15-5-13-26-24(32)21-18-33-25(27-21)20-11-16-29(17-12-20)23(31)10-9-19-6-2-1-3-7-19/h1-3,6-7,18,20H,4-5,8,11-17H2,(H,26,32). The van der Waals surface area contributed by atoms with E-state index in [1.807, 2.05) is 35.2 Å². The summed E-state index contributed by atoms with van der Waals surface area (Å²) in [5, 5.41) is 5.66. The van der Waals surface area contributed by atoms with Crippen molar-refractivity contribution in [3.05, 3.63) is 52.0 Å². The highest BCUT2D eigenvalue weighted by Crippen LogP contribution is 2.30. The van der Waals surface area contributed by atoms with E-state index in [2.05, 4.69) is 22.1 Å². The quantitative estimate of drug-likeness (QED) is 0.526. The van der Waals surface area contributed by atoms with Crippen molar-refractivity contribution in [1.29, 1.82) is 0 Å². The fraction of sp³-hybridized carbons (Fsp3) is 0.440. The molecule has 1 aromatic carbocycles. The van der Waals surface area contributed by atoms with Crippen LogP contribution in [0.1, 0.15) is 59.1 Å². The fourth-order valence-electron chi connectivity index (χ4n) is 4.14. The number of hydrogen-bond donors (Lipinski definition) is 1. The van der Waals surface area contributed by atoms with Crippen molar-refractivity contribution >= 4 is 29.1 Å². The minimum absolute atomic E-state index is 0.146. The van der Waals surface area contributed by atoms with Gasteiger partial charge in [0.2, 0.25) is 5.91 Å². The number of nitrogens with zero attached hydrogens (tertiary/aromatic N) is 3. The Morgan fingerprint density at radius 3 is 2.67 bits per heavy atom. The summed E-state index contributed by atoms with van der Waals surface area (Å²) in [6.45, 7) is 3.33. The SMILES string of the molecule is O=C(NCCCN1CCCC1=O)c1csc(C2CCN(C(=O)C#Cc3ccccc3)CC2)n1. The van der Waals surface area contributed by atoms with Crippen LogP contribution in [0.25, 0.3) is 0 Å². The molecule has 8 heteroatoms. The average Bonchev–Trinajstić information content (AvgIpc) is 3.50. The molecule has 0 unspecified atom stereocenters. The van der Waals surface area contributed by atoms with E-state index in [-0.39, 0.29) is 23.6 Å². The minimum Gasteiger partial charge on any atom is -0.351 e. The number of thiazole rings is 1. The van der Waals surface area contributed by atoms with Gasteiger partial charge in [-0.15, -0.1) is 11.3 Å². The van der Waals surface area contributed by atoms with Gasteiger partial charge in [-0.3, -0.25) is 14.4 Å². The summed E-state index contributed by atoms with van der Waals surface area (Å²) in [5.74, 6) is 5.81. The van der Waals surface area contributed by atoms with Gasteiger partial charge in [-0.25, -0.2) is 4.98 Å². The van der Waals surface area contributed by atoms with Crippen LogP contribution in [0.5, 0.6) is 0 Å². The van der Waals surface area contributed by atoms with Crippen molar-refractivity contribution in [3.63, 3.8) is 0 Å². The molecule has 0 bridgehead atoms. The van der Waals surface area contributed by atoms with Crippen LogP contribution in [0, 0.1) is 11.8 Å². The van der Waals surface area contributed by atoms with E-state index in [0.717, 1.165) is 42.8 Å². The Balaban J connectivity index is 1.20. The van der Waals surface area contributed by atoms with Crippen molar-refractivity contribution in [2.45, 2.75) is 38.0 Å². The maximum Gasteiger partial charge on any atom is 0.298 e. The highest BCUT2D eigenvalue weighted by Gasteiger charge is 2.26. The summed E-state index contributed by atoms with van der Waals surface area (Å²) in [4.78, 5) is 44.7. The Bertz CT molecular complexity index is 1050. The summed E-state index contributed by atoms with van der Waals surface area (Å²) in [6, 6.07) is 9.50. The van der Waals surface area contributed by atoms with Gasteiger partial charge in [-0.05, 0) is 37.8 Å². The second-order valence-electron chi connectivity index (χ2n) is 8.35. The van der Waals surface area contributed by atoms with Gasteiger partial charge in [0, 0.05) is 61.9 Å². The van der Waals surface area contributed by atoms with E-state index in [9.17, 15) is 14.4 Å². The molecule has 4 rings (SSSR count). The molecule has 7 nitrogen and oxygen atoms in total. The van der Waals surface area contributed by atoms with Crippen molar-refractivity contribution in [2.24, 2.45) is 0 Å². The average molecular weight is 465 g/mol. The zero-order valence-corrected chi connectivity index (χ0v) is 19.4. The van der Waals surface area contributed by atoms with Crippen LogP contribution in [0.3, 0.4) is 0 Å². The maximum absolute atomic E-state index is 12.4. The Morgan fingerprint density at radius 2 is 1.94 bits per heavy atom. The third-order valence-corrected chi connectivity index (χ3v) is 7.04. The first-order valence-electron chi connectivity index (χ1n) is 11.5. The summed E-state index contributed by atoms with van der Waals surface area (Å²) in [5.41, 5.74) is 1.28. The van der Waals surface area contributed by atoms with E-state index in [1.165, 1.54) is 11.3 Å². The van der Waals surface area contributed by atoms with Gasteiger partial charge in [-0.2, -0.15) is 0 Å². The third-order valence-electron chi connectivity index (χ3n) is 6.04. The van der Waals surface area contributed by atoms with E-state index < -0.39 is 0 Å². The number of nitrogens with one attached hydrogen (secondary N) is 1. The Kier molecular flexibility index (Phi) is 7.74. The number of amides is 3. The highest BCUT2D eigenvalue weighted by molar-refractivity contribution is 7.09. The summed E-state index contributed by atoms with van der Waals surface area (Å²) < 4.78 is 0. The molecule has 172 valence electrons. The van der Waals surface area contributed by atoms with Crippen LogP contribution in [0.15, 0.2) is 35.7 Å². The molecule has 0 radical (unpaired) electrons. The third kappa shape index (κ3) is 6.20. The molecule has 2 aliphatic rings. The Labute approximate surface area is 198 Å². The van der Waals surface area contributed by atoms with Crippen LogP contribution in [0.2, 0.25) is 0 Å². The summed E-state index contributed by atoms with van der Waals surface area (Å²) in [6.07, 6.45) is 3.95. The molecular weight excluding hydrogens is 436 g/mol. The Morgan fingerprint density at radius 1 is 1.15 bits per heavy atom. The zero-order chi connectivity index (χ0) is 23.0. The van der Waals surface area contributed by atoms with E-state index in [0.29, 0.717) is 38.3 Å². The number of likely N-dealkylation sites (tertiary alicyclic amines) is 2. The molecule has 0 aliphatic carbocycles. The predicted octanol–water partition coefficient (Wildman–Crippen LogP) is 2.64. The summed E-state index contributed by atoms with van der Waals surface area (Å²) >= 11 is 1.51. The number of hydrogen-bond acceptors (Lipinski definition) is 5. The number of benzene rings is 1. The highest BCUT2D eigenvalue weighted by atomic mass is 32.1. The fourth-order valence-corrected chi connectivity index (χ4v) is 5.11. The van der Waals surface area contributed by atoms with Crippen LogP contribution >= 0.6 is 11.3 Å². The molecule has 0 saturated carbocycles. The molecular formula is C25H28N4O3S. The molecule has 0 spiro atoms. The summed E-state index contributed by atoms with van der Waals surface area (Å²) in [7, 11) is 0. The smallest absolute Gasteiger partial charge is 0.298 e. The molecule has 1 aromatic heterocycles. The number of carbonyl (C=O) groups excluding carboxylic acids is 3. The maximum atomic E-state index is 12.4. The zero-order valence-electron chi connectivity index (χ0n) is 18.6. The topological polar surface area (TPSA) is 82.6 Å². The van der Waals surface area contributed by atoms with Crippen molar-refractivity contribution in [1.82, 2.24) is 20.1 Å². The van der Waals surface area contributed by atoms with E-state index in [4.69, 9.17) is 0 Å². The van der Waals surface area contributed by atoms with Gasteiger partial charge in [0.05, 0.1) is 5.01 Å². The molecule has 1 N–H and O–H groups in total. The number of piperidine rings is 1. The lowest BCUT2D eigenvalue weighted by Gasteiger charge is -2.29. The lowest BCUT2D eigenvalue weighted by molar-refractivity contribution is -0.128. The van der Waals surface area contributed by atoms with Gasteiger partial charge in [0.1, 0.15) is 5.69 Å². The minimum atomic E-state index is -0.172. The first-order valence-corrected chi connectivity index (χ1v) is 12.4. The number of carbonyl (C=O) groups is 3. The monoisotopic (exact) mass is 464 g/mol. The molecule has 33 heavy (non-hydrogen) atoms. The van der Waals surface area contributed by atoms with Gasteiger partial charge in [0.15, 0.2) is 0 Å². The van der Waals surface area contributed by atoms with Crippen molar-refractivity contribution in [2.75, 3.05) is 32.7 Å². The van der Waals surface area contributed by atoms with Gasteiger partial charge >= 0.3 is 0 Å². The molecule has 2 fully saturated rings. The molecule has 2 saturated heterocycles. The van der Waals surface area contributed by atoms with Crippen LogP contribution in [-0.2, 0) is 9.59 Å². The molecule has 2 aliphatic heterocycles. The number of rotatable bonds is 6. The van der Waals surface area contributed by atoms with Gasteiger partial charge in [-0.1, -0.05) is 24.1 Å². The number of aromatic nitrogens is 1.